The molecule has 1 saturated heterocycles. The maximum absolute atomic E-state index is 11.8. The first kappa shape index (κ1) is 12.9. The van der Waals surface area contributed by atoms with Crippen molar-refractivity contribution in [1.29, 1.82) is 0 Å². The first-order chi connectivity index (χ1) is 8.63. The fraction of sp³-hybridized carbons (Fsp3) is 0.455. The van der Waals surface area contributed by atoms with Crippen LogP contribution in [0.15, 0.2) is 12.3 Å². The zero-order valence-electron chi connectivity index (χ0n) is 10.0. The van der Waals surface area contributed by atoms with Gasteiger partial charge in [0.15, 0.2) is 0 Å². The van der Waals surface area contributed by atoms with Crippen molar-refractivity contribution in [3.8, 4) is 0 Å². The number of hydrogen-bond donors (Lipinski definition) is 2. The van der Waals surface area contributed by atoms with Gasteiger partial charge in [-0.05, 0) is 6.07 Å². The van der Waals surface area contributed by atoms with Gasteiger partial charge in [0.05, 0.1) is 30.1 Å². The maximum atomic E-state index is 11.8. The van der Waals surface area contributed by atoms with Gasteiger partial charge in [0.2, 0.25) is 5.91 Å². The summed E-state index contributed by atoms with van der Waals surface area (Å²) in [5, 5.41) is 3.05. The molecule has 0 saturated carbocycles. The van der Waals surface area contributed by atoms with Crippen molar-refractivity contribution >= 4 is 29.0 Å². The molecule has 1 aliphatic heterocycles. The highest BCUT2D eigenvalue weighted by atomic mass is 35.5. The Kier molecular flexibility index (Phi) is 3.88. The lowest BCUT2D eigenvalue weighted by atomic mass is 10.2. The second-order valence-corrected chi connectivity index (χ2v) is 4.38. The summed E-state index contributed by atoms with van der Waals surface area (Å²) in [7, 11) is 1.59. The summed E-state index contributed by atoms with van der Waals surface area (Å²) in [5.74, 6) is 0.437. The molecular weight excluding hydrogens is 256 g/mol. The fourth-order valence-electron chi connectivity index (χ4n) is 1.90. The van der Waals surface area contributed by atoms with Gasteiger partial charge in [-0.25, -0.2) is 4.98 Å². The van der Waals surface area contributed by atoms with E-state index >= 15 is 0 Å². The SMILES string of the molecule is CNC(=O)C1COCCN1c1ncc(N)cc1Cl. The third kappa shape index (κ3) is 2.49. The number of carbonyl (C=O) groups is 1. The average molecular weight is 271 g/mol. The number of likely N-dealkylation sites (N-methyl/N-ethyl adjacent to an activating group) is 1. The first-order valence-electron chi connectivity index (χ1n) is 5.60. The lowest BCUT2D eigenvalue weighted by Gasteiger charge is -2.35. The van der Waals surface area contributed by atoms with Gasteiger partial charge < -0.3 is 20.7 Å². The molecule has 1 unspecified atom stereocenters. The van der Waals surface area contributed by atoms with Crippen LogP contribution in [0.4, 0.5) is 11.5 Å². The maximum Gasteiger partial charge on any atom is 0.244 e. The molecule has 1 atom stereocenters. The lowest BCUT2D eigenvalue weighted by molar-refractivity contribution is -0.124. The topological polar surface area (TPSA) is 80.5 Å². The molecule has 0 bridgehead atoms. The van der Waals surface area contributed by atoms with E-state index in [1.165, 1.54) is 6.20 Å². The molecule has 2 heterocycles. The average Bonchev–Trinajstić information content (AvgIpc) is 2.38. The second-order valence-electron chi connectivity index (χ2n) is 3.97. The van der Waals surface area contributed by atoms with Crippen molar-refractivity contribution in [1.82, 2.24) is 10.3 Å². The summed E-state index contributed by atoms with van der Waals surface area (Å²) in [6.07, 6.45) is 1.53. The lowest BCUT2D eigenvalue weighted by Crippen LogP contribution is -2.53. The van der Waals surface area contributed by atoms with E-state index in [2.05, 4.69) is 10.3 Å². The Morgan fingerprint density at radius 2 is 2.50 bits per heavy atom. The Labute approximate surface area is 110 Å². The van der Waals surface area contributed by atoms with E-state index in [9.17, 15) is 4.79 Å². The number of halogens is 1. The summed E-state index contributed by atoms with van der Waals surface area (Å²) >= 11 is 6.12. The number of carbonyl (C=O) groups excluding carboxylic acids is 1. The predicted molar refractivity (Wildman–Crippen MR) is 69.7 cm³/mol. The van der Waals surface area contributed by atoms with Gasteiger partial charge in [0.1, 0.15) is 11.9 Å². The van der Waals surface area contributed by atoms with Crippen molar-refractivity contribution in [3.63, 3.8) is 0 Å². The van der Waals surface area contributed by atoms with Crippen LogP contribution >= 0.6 is 11.6 Å². The highest BCUT2D eigenvalue weighted by Gasteiger charge is 2.30. The molecule has 0 spiro atoms. The van der Waals surface area contributed by atoms with Crippen molar-refractivity contribution in [2.45, 2.75) is 6.04 Å². The van der Waals surface area contributed by atoms with Crippen LogP contribution in [0.1, 0.15) is 0 Å². The number of nitrogen functional groups attached to an aromatic ring is 1. The predicted octanol–water partition coefficient (Wildman–Crippen LogP) is 0.268. The number of morpholine rings is 1. The number of aromatic nitrogens is 1. The molecule has 3 N–H and O–H groups in total. The van der Waals surface area contributed by atoms with Crippen molar-refractivity contribution < 1.29 is 9.53 Å². The Morgan fingerprint density at radius 1 is 1.72 bits per heavy atom. The number of rotatable bonds is 2. The van der Waals surface area contributed by atoms with Crippen LogP contribution in [0.2, 0.25) is 5.02 Å². The quantitative estimate of drug-likeness (QED) is 0.806. The molecule has 18 heavy (non-hydrogen) atoms. The third-order valence-corrected chi connectivity index (χ3v) is 3.07. The fourth-order valence-corrected chi connectivity index (χ4v) is 2.18. The number of pyridine rings is 1. The van der Waals surface area contributed by atoms with Crippen LogP contribution in [-0.4, -0.2) is 43.7 Å². The van der Waals surface area contributed by atoms with Crippen LogP contribution in [0.5, 0.6) is 0 Å². The van der Waals surface area contributed by atoms with E-state index in [0.717, 1.165) is 0 Å². The van der Waals surface area contributed by atoms with Crippen LogP contribution in [0.25, 0.3) is 0 Å². The minimum atomic E-state index is -0.419. The molecule has 6 nitrogen and oxygen atoms in total. The Morgan fingerprint density at radius 3 is 3.17 bits per heavy atom. The number of ether oxygens (including phenoxy) is 1. The minimum absolute atomic E-state index is 0.121. The van der Waals surface area contributed by atoms with Crippen LogP contribution in [-0.2, 0) is 9.53 Å². The zero-order chi connectivity index (χ0) is 13.1. The summed E-state index contributed by atoms with van der Waals surface area (Å²) in [5.41, 5.74) is 6.10. The number of amides is 1. The highest BCUT2D eigenvalue weighted by molar-refractivity contribution is 6.33. The minimum Gasteiger partial charge on any atom is -0.397 e. The largest absolute Gasteiger partial charge is 0.397 e. The summed E-state index contributed by atoms with van der Waals surface area (Å²) < 4.78 is 5.32. The third-order valence-electron chi connectivity index (χ3n) is 2.79. The van der Waals surface area contributed by atoms with Gasteiger partial charge in [-0.1, -0.05) is 11.6 Å². The van der Waals surface area contributed by atoms with E-state index in [1.54, 1.807) is 13.1 Å². The van der Waals surface area contributed by atoms with Gasteiger partial charge in [-0.3, -0.25) is 4.79 Å². The summed E-state index contributed by atoms with van der Waals surface area (Å²) in [4.78, 5) is 17.8. The Bertz CT molecular complexity index is 455. The van der Waals surface area contributed by atoms with Crippen molar-refractivity contribution in [2.75, 3.05) is 37.4 Å². The second kappa shape index (κ2) is 5.41. The molecular formula is C11H15ClN4O2. The number of nitrogens with two attached hydrogens (primary N) is 1. The molecule has 98 valence electrons. The molecule has 1 aromatic heterocycles. The number of hydrogen-bond acceptors (Lipinski definition) is 5. The van der Waals surface area contributed by atoms with E-state index in [-0.39, 0.29) is 5.91 Å². The van der Waals surface area contributed by atoms with Crippen LogP contribution in [0, 0.1) is 0 Å². The van der Waals surface area contributed by atoms with Crippen LogP contribution < -0.4 is 16.0 Å². The van der Waals surface area contributed by atoms with Gasteiger partial charge >= 0.3 is 0 Å². The van der Waals surface area contributed by atoms with Crippen molar-refractivity contribution in [2.24, 2.45) is 0 Å². The standard InChI is InChI=1S/C11H15ClN4O2/c1-14-11(17)9-6-18-3-2-16(9)10-8(12)4-7(13)5-15-10/h4-5,9H,2-3,6,13H2,1H3,(H,14,17). The molecule has 7 heteroatoms. The molecule has 0 aromatic carbocycles. The summed E-state index contributed by atoms with van der Waals surface area (Å²) in [6.45, 7) is 1.42. The van der Waals surface area contributed by atoms with Crippen molar-refractivity contribution in [3.05, 3.63) is 17.3 Å². The zero-order valence-corrected chi connectivity index (χ0v) is 10.8. The Hall–Kier alpha value is -1.53. The van der Waals surface area contributed by atoms with Crippen LogP contribution in [0.3, 0.4) is 0 Å². The molecule has 1 aliphatic rings. The number of nitrogens with one attached hydrogen (secondary N) is 1. The number of nitrogens with zero attached hydrogens (tertiary/aromatic N) is 2. The van der Waals surface area contributed by atoms with Gasteiger partial charge in [0.25, 0.3) is 0 Å². The summed E-state index contributed by atoms with van der Waals surface area (Å²) in [6, 6.07) is 1.21. The van der Waals surface area contributed by atoms with E-state index < -0.39 is 6.04 Å². The van der Waals surface area contributed by atoms with E-state index in [1.807, 2.05) is 4.90 Å². The van der Waals surface area contributed by atoms with Gasteiger partial charge in [-0.2, -0.15) is 0 Å². The monoisotopic (exact) mass is 270 g/mol. The highest BCUT2D eigenvalue weighted by Crippen LogP contribution is 2.27. The normalized spacial score (nSPS) is 19.7. The molecule has 1 aromatic rings. The van der Waals surface area contributed by atoms with E-state index in [4.69, 9.17) is 22.1 Å². The van der Waals surface area contributed by atoms with E-state index in [0.29, 0.717) is 36.3 Å². The molecule has 2 rings (SSSR count). The molecule has 0 radical (unpaired) electrons. The first-order valence-corrected chi connectivity index (χ1v) is 5.98. The molecule has 1 amide bonds. The number of anilines is 2. The molecule has 0 aliphatic carbocycles. The van der Waals surface area contributed by atoms with Gasteiger partial charge in [0, 0.05) is 13.6 Å². The van der Waals surface area contributed by atoms with Gasteiger partial charge in [-0.15, -0.1) is 0 Å². The molecule has 1 fully saturated rings. The Balaban J connectivity index is 2.30. The smallest absolute Gasteiger partial charge is 0.244 e.